The molecule has 4 heterocycles. The third-order valence-corrected chi connectivity index (χ3v) is 5.85. The lowest BCUT2D eigenvalue weighted by Gasteiger charge is -2.41. The molecule has 1 aromatic heterocycles. The number of imidazole rings is 1. The third-order valence-electron chi connectivity index (χ3n) is 5.37. The normalized spacial score (nSPS) is 21.3. The van der Waals surface area contributed by atoms with Crippen molar-refractivity contribution in [2.24, 2.45) is 0 Å². The van der Waals surface area contributed by atoms with Crippen LogP contribution in [0.2, 0.25) is 5.02 Å². The Morgan fingerprint density at radius 3 is 3.08 bits per heavy atom. The summed E-state index contributed by atoms with van der Waals surface area (Å²) in [5.41, 5.74) is 2.62. The molecule has 0 spiro atoms. The van der Waals surface area contributed by atoms with Gasteiger partial charge < -0.3 is 19.3 Å². The minimum atomic E-state index is -0.274. The summed E-state index contributed by atoms with van der Waals surface area (Å²) in [5.74, 6) is 0.680. The van der Waals surface area contributed by atoms with Crippen molar-refractivity contribution in [2.45, 2.75) is 32.7 Å². The summed E-state index contributed by atoms with van der Waals surface area (Å²) in [6.45, 7) is 3.44. The van der Waals surface area contributed by atoms with Gasteiger partial charge in [-0.1, -0.05) is 11.6 Å². The first-order valence-corrected chi connectivity index (χ1v) is 9.16. The smallest absolute Gasteiger partial charge is 0.186 e. The van der Waals surface area contributed by atoms with Crippen LogP contribution >= 0.6 is 11.6 Å². The van der Waals surface area contributed by atoms with Gasteiger partial charge in [0.1, 0.15) is 11.6 Å². The molecule has 0 amide bonds. The minimum Gasteiger partial charge on any atom is -0.336 e. The molecule has 26 heavy (non-hydrogen) atoms. The molecule has 5 rings (SSSR count). The van der Waals surface area contributed by atoms with Crippen LogP contribution in [0, 0.1) is 12.7 Å². The van der Waals surface area contributed by atoms with Crippen LogP contribution in [-0.2, 0) is 6.67 Å². The van der Waals surface area contributed by atoms with Crippen molar-refractivity contribution in [3.05, 3.63) is 64.9 Å². The van der Waals surface area contributed by atoms with Crippen LogP contribution in [0.15, 0.2) is 42.6 Å². The van der Waals surface area contributed by atoms with E-state index in [1.54, 1.807) is 13.0 Å². The molecule has 0 radical (unpaired) electrons. The summed E-state index contributed by atoms with van der Waals surface area (Å²) in [6.07, 6.45) is 12.3. The summed E-state index contributed by atoms with van der Waals surface area (Å²) >= 11 is 6.52. The number of nitrogens with zero attached hydrogens (tertiary/aromatic N) is 5. The molecule has 2 aromatic rings. The van der Waals surface area contributed by atoms with Gasteiger partial charge in [-0.15, -0.1) is 0 Å². The van der Waals surface area contributed by atoms with E-state index >= 15 is 0 Å². The van der Waals surface area contributed by atoms with Crippen LogP contribution in [0.25, 0.3) is 6.08 Å². The van der Waals surface area contributed by atoms with Gasteiger partial charge in [-0.3, -0.25) is 0 Å². The Morgan fingerprint density at radius 2 is 2.19 bits per heavy atom. The fraction of sp³-hybridized carbons (Fsp3) is 0.316. The molecular formula is C19H19ClFN5. The average molecular weight is 372 g/mol. The van der Waals surface area contributed by atoms with Crippen LogP contribution in [-0.4, -0.2) is 32.2 Å². The molecule has 1 unspecified atom stereocenters. The molecule has 7 heteroatoms. The maximum Gasteiger partial charge on any atom is 0.186 e. The number of allylic oxidation sites excluding steroid dienone is 1. The highest BCUT2D eigenvalue weighted by atomic mass is 35.5. The van der Waals surface area contributed by atoms with Crippen LogP contribution in [0.4, 0.5) is 10.1 Å². The molecule has 0 bridgehead atoms. The maximum absolute atomic E-state index is 13.9. The highest BCUT2D eigenvalue weighted by Crippen LogP contribution is 2.41. The molecule has 134 valence electrons. The maximum atomic E-state index is 13.9. The molecule has 1 atom stereocenters. The number of halogens is 2. The summed E-state index contributed by atoms with van der Waals surface area (Å²) in [7, 11) is 0. The number of benzene rings is 1. The molecule has 1 aromatic carbocycles. The molecular weight excluding hydrogens is 353 g/mol. The lowest BCUT2D eigenvalue weighted by Crippen LogP contribution is -2.51. The van der Waals surface area contributed by atoms with Gasteiger partial charge in [-0.05, 0) is 38.0 Å². The average Bonchev–Trinajstić information content (AvgIpc) is 3.34. The van der Waals surface area contributed by atoms with Crippen LogP contribution in [0.1, 0.15) is 24.2 Å². The Bertz CT molecular complexity index is 934. The van der Waals surface area contributed by atoms with Gasteiger partial charge in [-0.25, -0.2) is 9.37 Å². The number of hydrogen-bond donors (Lipinski definition) is 0. The molecule has 0 aliphatic carbocycles. The monoisotopic (exact) mass is 371 g/mol. The first-order chi connectivity index (χ1) is 12.6. The van der Waals surface area contributed by atoms with Crippen molar-refractivity contribution in [3.8, 4) is 0 Å². The van der Waals surface area contributed by atoms with E-state index in [0.29, 0.717) is 17.3 Å². The lowest BCUT2D eigenvalue weighted by atomic mass is 10.2. The van der Waals surface area contributed by atoms with Crippen LogP contribution < -0.4 is 4.90 Å². The zero-order valence-electron chi connectivity index (χ0n) is 14.4. The summed E-state index contributed by atoms with van der Waals surface area (Å²) in [4.78, 5) is 11.2. The quantitative estimate of drug-likeness (QED) is 0.798. The molecule has 5 nitrogen and oxygen atoms in total. The number of rotatable bonds is 2. The Labute approximate surface area is 156 Å². The van der Waals surface area contributed by atoms with Gasteiger partial charge in [0.15, 0.2) is 6.29 Å². The van der Waals surface area contributed by atoms with E-state index < -0.39 is 0 Å². The van der Waals surface area contributed by atoms with Crippen molar-refractivity contribution >= 4 is 23.4 Å². The van der Waals surface area contributed by atoms with E-state index in [1.165, 1.54) is 11.8 Å². The first kappa shape index (κ1) is 15.8. The van der Waals surface area contributed by atoms with E-state index in [0.717, 1.165) is 30.9 Å². The van der Waals surface area contributed by atoms with Gasteiger partial charge in [0, 0.05) is 42.6 Å². The first-order valence-electron chi connectivity index (χ1n) is 8.79. The second-order valence-electron chi connectivity index (χ2n) is 6.90. The SMILES string of the molecule is Cc1c(F)ccc(N2C=C3CCCN3C2N2C=Cc3nccn3C2)c1Cl. The number of aromatic nitrogens is 2. The summed E-state index contributed by atoms with van der Waals surface area (Å²) < 4.78 is 16.0. The molecule has 1 saturated heterocycles. The van der Waals surface area contributed by atoms with E-state index in [-0.39, 0.29) is 12.1 Å². The second-order valence-corrected chi connectivity index (χ2v) is 7.28. The van der Waals surface area contributed by atoms with Gasteiger partial charge in [0.05, 0.1) is 17.4 Å². The zero-order chi connectivity index (χ0) is 17.8. The van der Waals surface area contributed by atoms with Crippen molar-refractivity contribution in [3.63, 3.8) is 0 Å². The Hall–Kier alpha value is -2.47. The third kappa shape index (κ3) is 2.25. The van der Waals surface area contributed by atoms with Crippen LogP contribution in [0.3, 0.4) is 0 Å². The Kier molecular flexibility index (Phi) is 3.50. The number of hydrogen-bond acceptors (Lipinski definition) is 4. The highest BCUT2D eigenvalue weighted by molar-refractivity contribution is 6.34. The van der Waals surface area contributed by atoms with Crippen LogP contribution in [0.5, 0.6) is 0 Å². The van der Waals surface area contributed by atoms with E-state index in [2.05, 4.69) is 36.7 Å². The van der Waals surface area contributed by atoms with Gasteiger partial charge in [0.2, 0.25) is 0 Å². The molecule has 3 aliphatic heterocycles. The van der Waals surface area contributed by atoms with Gasteiger partial charge in [-0.2, -0.15) is 0 Å². The number of fused-ring (bicyclic) bond motifs is 2. The molecule has 3 aliphatic rings. The van der Waals surface area contributed by atoms with Crippen molar-refractivity contribution < 1.29 is 4.39 Å². The minimum absolute atomic E-state index is 0.0124. The molecule has 0 saturated carbocycles. The fourth-order valence-corrected chi connectivity index (χ4v) is 4.26. The molecule has 0 N–H and O–H groups in total. The summed E-state index contributed by atoms with van der Waals surface area (Å²) in [5, 5.41) is 0.470. The second kappa shape index (κ2) is 5.77. The number of anilines is 1. The van der Waals surface area contributed by atoms with Crippen molar-refractivity contribution in [1.29, 1.82) is 0 Å². The van der Waals surface area contributed by atoms with Crippen molar-refractivity contribution in [1.82, 2.24) is 19.4 Å². The fourth-order valence-electron chi connectivity index (χ4n) is 4.01. The van der Waals surface area contributed by atoms with E-state index in [9.17, 15) is 4.39 Å². The standard InChI is InChI=1S/C19H19ClFN5/c1-13-15(21)4-5-16(18(13)20)26-11-14-3-2-8-25(14)19(26)24-9-6-17-22-7-10-23(17)12-24/h4-7,9-11,19H,2-3,8,12H2,1H3. The van der Waals surface area contributed by atoms with Gasteiger partial charge >= 0.3 is 0 Å². The van der Waals surface area contributed by atoms with E-state index in [1.807, 2.05) is 18.5 Å². The van der Waals surface area contributed by atoms with Gasteiger partial charge in [0.25, 0.3) is 0 Å². The van der Waals surface area contributed by atoms with E-state index in [4.69, 9.17) is 11.6 Å². The highest BCUT2D eigenvalue weighted by Gasteiger charge is 2.40. The Morgan fingerprint density at radius 1 is 1.31 bits per heavy atom. The molecule has 1 fully saturated rings. The summed E-state index contributed by atoms with van der Waals surface area (Å²) in [6, 6.07) is 3.27. The zero-order valence-corrected chi connectivity index (χ0v) is 15.2. The Balaban J connectivity index is 1.56. The van der Waals surface area contributed by atoms with Crippen molar-refractivity contribution in [2.75, 3.05) is 11.4 Å². The predicted molar refractivity (Wildman–Crippen MR) is 99.5 cm³/mol. The largest absolute Gasteiger partial charge is 0.336 e. The topological polar surface area (TPSA) is 27.5 Å². The lowest BCUT2D eigenvalue weighted by molar-refractivity contribution is 0.110. The predicted octanol–water partition coefficient (Wildman–Crippen LogP) is 3.97.